The van der Waals surface area contributed by atoms with Crippen LogP contribution in [0.2, 0.25) is 0 Å². The zero-order valence-corrected chi connectivity index (χ0v) is 8.03. The minimum absolute atomic E-state index is 0.107. The molecule has 70 valence electrons. The molecule has 2 rings (SSSR count). The number of aliphatic hydroxyl groups is 1. The van der Waals surface area contributed by atoms with Crippen molar-refractivity contribution in [2.45, 2.75) is 37.7 Å². The fourth-order valence-electron chi connectivity index (χ4n) is 2.11. The molecule has 1 saturated carbocycles. The van der Waals surface area contributed by atoms with Crippen molar-refractivity contribution >= 4 is 0 Å². The first-order valence-corrected chi connectivity index (χ1v) is 5.03. The van der Waals surface area contributed by atoms with Crippen molar-refractivity contribution in [3.63, 3.8) is 0 Å². The van der Waals surface area contributed by atoms with Gasteiger partial charge < -0.3 is 5.11 Å². The van der Waals surface area contributed by atoms with E-state index >= 15 is 0 Å². The maximum absolute atomic E-state index is 9.90. The first-order valence-electron chi connectivity index (χ1n) is 5.03. The molecule has 1 aliphatic carbocycles. The van der Waals surface area contributed by atoms with Gasteiger partial charge in [-0.3, -0.25) is 0 Å². The third-order valence-electron chi connectivity index (χ3n) is 3.16. The summed E-state index contributed by atoms with van der Waals surface area (Å²) in [6.07, 6.45) is 2.99. The van der Waals surface area contributed by atoms with Crippen LogP contribution in [0.4, 0.5) is 0 Å². The van der Waals surface area contributed by atoms with Gasteiger partial charge in [-0.25, -0.2) is 0 Å². The van der Waals surface area contributed by atoms with Gasteiger partial charge in [-0.2, -0.15) is 0 Å². The van der Waals surface area contributed by atoms with Crippen molar-refractivity contribution in [1.82, 2.24) is 0 Å². The lowest BCUT2D eigenvalue weighted by Gasteiger charge is -2.21. The zero-order chi connectivity index (χ0) is 9.31. The third kappa shape index (κ3) is 1.37. The highest BCUT2D eigenvalue weighted by atomic mass is 16.3. The Bertz CT molecular complexity index is 274. The normalized spacial score (nSPS) is 21.1. The Morgan fingerprint density at radius 2 is 1.92 bits per heavy atom. The number of aliphatic hydroxyl groups excluding tert-OH is 1. The van der Waals surface area contributed by atoms with Gasteiger partial charge in [-0.1, -0.05) is 37.3 Å². The van der Waals surface area contributed by atoms with Crippen LogP contribution in [0.1, 0.15) is 31.7 Å². The SMILES string of the molecule is CCC(O)C1(c2ccccc2)CC1. The Kier molecular flexibility index (Phi) is 2.12. The fraction of sp³-hybridized carbons (Fsp3) is 0.500. The Morgan fingerprint density at radius 1 is 1.31 bits per heavy atom. The minimum Gasteiger partial charge on any atom is -0.392 e. The van der Waals surface area contributed by atoms with E-state index < -0.39 is 0 Å². The molecule has 1 fully saturated rings. The quantitative estimate of drug-likeness (QED) is 0.750. The van der Waals surface area contributed by atoms with Gasteiger partial charge in [-0.05, 0) is 24.8 Å². The topological polar surface area (TPSA) is 20.2 Å². The summed E-state index contributed by atoms with van der Waals surface area (Å²) in [6, 6.07) is 10.4. The van der Waals surface area contributed by atoms with Crippen LogP contribution in [0.25, 0.3) is 0 Å². The molecule has 1 nitrogen and oxygen atoms in total. The van der Waals surface area contributed by atoms with Crippen LogP contribution in [0.5, 0.6) is 0 Å². The molecule has 0 aliphatic heterocycles. The third-order valence-corrected chi connectivity index (χ3v) is 3.16. The molecule has 0 bridgehead atoms. The standard InChI is InChI=1S/C12H16O/c1-2-11(13)12(8-9-12)10-6-4-3-5-7-10/h3-7,11,13H,2,8-9H2,1H3. The van der Waals surface area contributed by atoms with Crippen LogP contribution >= 0.6 is 0 Å². The summed E-state index contributed by atoms with van der Waals surface area (Å²) >= 11 is 0. The Balaban J connectivity index is 2.26. The van der Waals surface area contributed by atoms with Crippen LogP contribution in [-0.4, -0.2) is 11.2 Å². The molecule has 13 heavy (non-hydrogen) atoms. The number of hydrogen-bond donors (Lipinski definition) is 1. The first kappa shape index (κ1) is 8.76. The second-order valence-electron chi connectivity index (χ2n) is 3.95. The molecule has 0 radical (unpaired) electrons. The average Bonchev–Trinajstić information content (AvgIpc) is 2.99. The Morgan fingerprint density at radius 3 is 2.38 bits per heavy atom. The molecular weight excluding hydrogens is 160 g/mol. The predicted molar refractivity (Wildman–Crippen MR) is 53.7 cm³/mol. The van der Waals surface area contributed by atoms with Gasteiger partial charge in [0.15, 0.2) is 0 Å². The van der Waals surface area contributed by atoms with E-state index in [2.05, 4.69) is 24.3 Å². The molecule has 0 heterocycles. The van der Waals surface area contributed by atoms with E-state index in [-0.39, 0.29) is 11.5 Å². The maximum atomic E-state index is 9.90. The summed E-state index contributed by atoms with van der Waals surface area (Å²) in [7, 11) is 0. The van der Waals surface area contributed by atoms with Gasteiger partial charge in [-0.15, -0.1) is 0 Å². The summed E-state index contributed by atoms with van der Waals surface area (Å²) < 4.78 is 0. The van der Waals surface area contributed by atoms with E-state index in [9.17, 15) is 5.11 Å². The second-order valence-corrected chi connectivity index (χ2v) is 3.95. The first-order chi connectivity index (χ1) is 6.29. The molecule has 0 saturated heterocycles. The zero-order valence-electron chi connectivity index (χ0n) is 8.03. The second kappa shape index (κ2) is 3.15. The van der Waals surface area contributed by atoms with E-state index in [0.29, 0.717) is 0 Å². The summed E-state index contributed by atoms with van der Waals surface area (Å²) in [6.45, 7) is 2.05. The van der Waals surface area contributed by atoms with Crippen molar-refractivity contribution in [2.24, 2.45) is 0 Å². The van der Waals surface area contributed by atoms with Gasteiger partial charge in [0.1, 0.15) is 0 Å². The summed E-state index contributed by atoms with van der Waals surface area (Å²) in [5.74, 6) is 0. The molecule has 0 aromatic heterocycles. The average molecular weight is 176 g/mol. The van der Waals surface area contributed by atoms with E-state index in [1.54, 1.807) is 0 Å². The lowest BCUT2D eigenvalue weighted by atomic mass is 9.89. The van der Waals surface area contributed by atoms with Crippen LogP contribution in [0, 0.1) is 0 Å². The van der Waals surface area contributed by atoms with Gasteiger partial charge >= 0.3 is 0 Å². The van der Waals surface area contributed by atoms with E-state index in [1.807, 2.05) is 13.0 Å². The van der Waals surface area contributed by atoms with E-state index in [0.717, 1.165) is 19.3 Å². The highest BCUT2D eigenvalue weighted by molar-refractivity contribution is 5.32. The van der Waals surface area contributed by atoms with Crippen molar-refractivity contribution < 1.29 is 5.11 Å². The molecule has 0 spiro atoms. The van der Waals surface area contributed by atoms with Crippen molar-refractivity contribution in [2.75, 3.05) is 0 Å². The molecular formula is C12H16O. The highest BCUT2D eigenvalue weighted by Crippen LogP contribution is 2.51. The molecule has 1 aromatic carbocycles. The van der Waals surface area contributed by atoms with Crippen molar-refractivity contribution in [1.29, 1.82) is 0 Å². The fourth-order valence-corrected chi connectivity index (χ4v) is 2.11. The monoisotopic (exact) mass is 176 g/mol. The smallest absolute Gasteiger partial charge is 0.0634 e. The molecule has 1 aromatic rings. The van der Waals surface area contributed by atoms with E-state index in [4.69, 9.17) is 0 Å². The molecule has 1 unspecified atom stereocenters. The van der Waals surface area contributed by atoms with Crippen molar-refractivity contribution in [3.8, 4) is 0 Å². The number of benzene rings is 1. The lowest BCUT2D eigenvalue weighted by molar-refractivity contribution is 0.127. The van der Waals surface area contributed by atoms with Crippen LogP contribution in [-0.2, 0) is 5.41 Å². The molecule has 1 atom stereocenters. The molecule has 1 heteroatoms. The Hall–Kier alpha value is -0.820. The molecule has 1 aliphatic rings. The summed E-state index contributed by atoms with van der Waals surface area (Å²) in [5, 5.41) is 9.90. The summed E-state index contributed by atoms with van der Waals surface area (Å²) in [4.78, 5) is 0. The summed E-state index contributed by atoms with van der Waals surface area (Å²) in [5.41, 5.74) is 1.42. The molecule has 1 N–H and O–H groups in total. The molecule has 0 amide bonds. The van der Waals surface area contributed by atoms with E-state index in [1.165, 1.54) is 5.56 Å². The van der Waals surface area contributed by atoms with Crippen LogP contribution in [0.3, 0.4) is 0 Å². The van der Waals surface area contributed by atoms with Gasteiger partial charge in [0.25, 0.3) is 0 Å². The minimum atomic E-state index is -0.158. The van der Waals surface area contributed by atoms with Gasteiger partial charge in [0, 0.05) is 5.41 Å². The van der Waals surface area contributed by atoms with Gasteiger partial charge in [0.2, 0.25) is 0 Å². The van der Waals surface area contributed by atoms with Crippen LogP contribution < -0.4 is 0 Å². The largest absolute Gasteiger partial charge is 0.392 e. The number of hydrogen-bond acceptors (Lipinski definition) is 1. The highest BCUT2D eigenvalue weighted by Gasteiger charge is 2.49. The number of rotatable bonds is 3. The Labute approximate surface area is 79.4 Å². The lowest BCUT2D eigenvalue weighted by Crippen LogP contribution is -2.24. The van der Waals surface area contributed by atoms with Crippen LogP contribution in [0.15, 0.2) is 30.3 Å². The predicted octanol–water partition coefficient (Wildman–Crippen LogP) is 2.49. The maximum Gasteiger partial charge on any atom is 0.0634 e. The van der Waals surface area contributed by atoms with Crippen molar-refractivity contribution in [3.05, 3.63) is 35.9 Å². The van der Waals surface area contributed by atoms with Gasteiger partial charge in [0.05, 0.1) is 6.10 Å².